The molecule has 9 aromatic carbocycles. The molecule has 0 fully saturated rings. The lowest BCUT2D eigenvalue weighted by atomic mass is 9.96. The maximum Gasteiger partial charge on any atom is 0.303 e. The van der Waals surface area contributed by atoms with Gasteiger partial charge in [0.25, 0.3) is 0 Å². The van der Waals surface area contributed by atoms with Crippen molar-refractivity contribution in [3.8, 4) is 73.5 Å². The van der Waals surface area contributed by atoms with Crippen molar-refractivity contribution in [3.05, 3.63) is 385 Å². The summed E-state index contributed by atoms with van der Waals surface area (Å²) in [6.07, 6.45) is 9.92. The van der Waals surface area contributed by atoms with Gasteiger partial charge in [-0.15, -0.1) is 34.0 Å². The van der Waals surface area contributed by atoms with Crippen LogP contribution in [0.2, 0.25) is 0 Å². The number of rotatable bonds is 31. The Morgan fingerprint density at radius 1 is 0.285 bits per heavy atom. The van der Waals surface area contributed by atoms with Gasteiger partial charge in [0.15, 0.2) is 0 Å². The molecule has 144 heavy (non-hydrogen) atoms. The number of carboxylic acids is 4. The third kappa shape index (κ3) is 23.9. The van der Waals surface area contributed by atoms with Crippen LogP contribution in [-0.4, -0.2) is 157 Å². The largest absolute Gasteiger partial charge is 0.497 e. The highest BCUT2D eigenvalue weighted by Crippen LogP contribution is 2.46. The number of aromatic nitrogens is 8. The van der Waals surface area contributed by atoms with E-state index in [4.69, 9.17) is 60.9 Å². The summed E-state index contributed by atoms with van der Waals surface area (Å²) in [6, 6.07) is 91.6. The number of thiophene rings is 3. The molecule has 29 nitrogen and oxygen atoms in total. The first-order valence-electron chi connectivity index (χ1n) is 47.1. The van der Waals surface area contributed by atoms with Crippen molar-refractivity contribution < 1.29 is 63.5 Å². The monoisotopic (exact) mass is 1970 g/mol. The van der Waals surface area contributed by atoms with Crippen LogP contribution in [0.4, 0.5) is 0 Å². The van der Waals surface area contributed by atoms with Gasteiger partial charge in [0, 0.05) is 134 Å². The number of amides is 4. The first-order chi connectivity index (χ1) is 70.0. The number of nitrogens with zero attached hydrogens (tertiary/aromatic N) is 16. The number of aryl methyl sites for hydroxylation is 3. The molecule has 4 amide bonds. The molecule has 0 saturated carbocycles. The van der Waals surface area contributed by atoms with Gasteiger partial charge in [-0.25, -0.2) is 38.8 Å². The minimum Gasteiger partial charge on any atom is -0.497 e. The zero-order valence-corrected chi connectivity index (χ0v) is 81.7. The van der Waals surface area contributed by atoms with E-state index < -0.39 is 29.9 Å². The Labute approximate surface area is 842 Å². The SMILES string of the molecule is COc1ccc(-c2nn(-c3ccccc3)cc2C2CC(c3cccs3)=NN2C(=O)CCCC(=O)O)cc1.Cc1ccc(-c2nn(-c3ccccc3)cc2C2CC(c3ccccc3)=NN2C(=O)CCC(=O)O)cc1.Cc1ccc(-c2nn(-c3ccccc3)cc2C2CC(c3cccs3)=NN2C(=O)CCC(=O)O)cc1.Cc1ccc(-c2nn(-c3ccccc3)cc2C2CC(c3cccs3)=NN2C(=O)CCCC(=O)O)cc1. The minimum atomic E-state index is -1.01. The lowest BCUT2D eigenvalue weighted by Crippen LogP contribution is -2.27. The molecule has 16 aromatic rings. The quantitative estimate of drug-likeness (QED) is 0.0313. The summed E-state index contributed by atoms with van der Waals surface area (Å²) in [4.78, 5) is 100. The Morgan fingerprint density at radius 2 is 0.535 bits per heavy atom. The fourth-order valence-corrected chi connectivity index (χ4v) is 19.5. The van der Waals surface area contributed by atoms with E-state index in [1.54, 1.807) is 46.1 Å². The number of benzene rings is 9. The van der Waals surface area contributed by atoms with E-state index >= 15 is 0 Å². The first-order valence-corrected chi connectivity index (χ1v) is 49.7. The number of aliphatic carboxylic acids is 4. The Hall–Kier alpha value is -16.8. The lowest BCUT2D eigenvalue weighted by Gasteiger charge is -2.22. The Morgan fingerprint density at radius 3 is 0.792 bits per heavy atom. The number of hydrogen-bond acceptors (Lipinski definition) is 20. The molecule has 0 spiro atoms. The number of carbonyl (C=O) groups is 8. The van der Waals surface area contributed by atoms with Crippen LogP contribution in [0.15, 0.2) is 346 Å². The number of hydrogen-bond donors (Lipinski definition) is 4. The van der Waals surface area contributed by atoms with Crippen molar-refractivity contribution in [1.82, 2.24) is 59.2 Å². The molecule has 4 atom stereocenters. The number of hydrazone groups is 4. The second kappa shape index (κ2) is 46.1. The highest BCUT2D eigenvalue weighted by molar-refractivity contribution is 7.12. The Bertz CT molecular complexity index is 7340. The van der Waals surface area contributed by atoms with Gasteiger partial charge in [-0.3, -0.25) is 38.4 Å². The molecule has 4 aliphatic rings. The average Bonchev–Trinajstić information content (AvgIpc) is 1.63. The van der Waals surface area contributed by atoms with Crippen LogP contribution >= 0.6 is 34.0 Å². The van der Waals surface area contributed by atoms with Crippen molar-refractivity contribution in [2.45, 2.75) is 135 Å². The molecule has 0 bridgehead atoms. The molecule has 4 unspecified atom stereocenters. The fourth-order valence-electron chi connectivity index (χ4n) is 17.3. The second-order valence-corrected chi connectivity index (χ2v) is 37.6. The van der Waals surface area contributed by atoms with E-state index in [1.165, 1.54) is 15.0 Å². The van der Waals surface area contributed by atoms with Gasteiger partial charge in [0.2, 0.25) is 23.6 Å². The average molecular weight is 1980 g/mol. The highest BCUT2D eigenvalue weighted by atomic mass is 32.1. The minimum absolute atomic E-state index is 0.0493. The highest BCUT2D eigenvalue weighted by Gasteiger charge is 2.42. The number of methoxy groups -OCH3 is 1. The summed E-state index contributed by atoms with van der Waals surface area (Å²) < 4.78 is 12.7. The van der Waals surface area contributed by atoms with Gasteiger partial charge in [-0.2, -0.15) is 40.8 Å². The smallest absolute Gasteiger partial charge is 0.303 e. The van der Waals surface area contributed by atoms with E-state index in [0.717, 1.165) is 156 Å². The van der Waals surface area contributed by atoms with Crippen molar-refractivity contribution in [2.24, 2.45) is 20.4 Å². The summed E-state index contributed by atoms with van der Waals surface area (Å²) in [5.41, 5.74) is 21.7. The summed E-state index contributed by atoms with van der Waals surface area (Å²) in [5.74, 6) is -4.12. The fraction of sp³-hybridized carbons (Fsp3) is 0.196. The van der Waals surface area contributed by atoms with Gasteiger partial charge in [0.05, 0.1) is 127 Å². The maximum atomic E-state index is 13.3. The summed E-state index contributed by atoms with van der Waals surface area (Å²) in [5, 5.41) is 86.8. The predicted molar refractivity (Wildman–Crippen MR) is 556 cm³/mol. The molecular weight excluding hydrogens is 1870 g/mol. The van der Waals surface area contributed by atoms with Gasteiger partial charge >= 0.3 is 23.9 Å². The summed E-state index contributed by atoms with van der Waals surface area (Å²) in [7, 11) is 1.63. The number of ether oxygens (including phenoxy) is 1. The van der Waals surface area contributed by atoms with Crippen LogP contribution in [0, 0.1) is 20.8 Å². The summed E-state index contributed by atoms with van der Waals surface area (Å²) >= 11 is 4.74. The van der Waals surface area contributed by atoms with Crippen LogP contribution < -0.4 is 4.74 Å². The molecule has 11 heterocycles. The van der Waals surface area contributed by atoms with E-state index in [-0.39, 0.29) is 106 Å². The molecule has 32 heteroatoms. The van der Waals surface area contributed by atoms with Crippen molar-refractivity contribution in [3.63, 3.8) is 0 Å². The number of carboxylic acid groups (broad SMARTS) is 4. The van der Waals surface area contributed by atoms with Crippen LogP contribution in [0.25, 0.3) is 67.8 Å². The first kappa shape index (κ1) is 98.8. The van der Waals surface area contributed by atoms with E-state index in [1.807, 2.05) is 353 Å². The zero-order chi connectivity index (χ0) is 100. The van der Waals surface area contributed by atoms with Gasteiger partial charge in [-0.05, 0) is 146 Å². The third-order valence-corrected chi connectivity index (χ3v) is 27.4. The lowest BCUT2D eigenvalue weighted by molar-refractivity contribution is -0.141. The molecule has 0 radical (unpaired) electrons. The molecule has 726 valence electrons. The van der Waals surface area contributed by atoms with Crippen molar-refractivity contribution in [1.29, 1.82) is 0 Å². The van der Waals surface area contributed by atoms with E-state index in [0.29, 0.717) is 25.7 Å². The van der Waals surface area contributed by atoms with Crippen LogP contribution in [-0.2, 0) is 38.4 Å². The Kier molecular flexibility index (Phi) is 31.6. The molecule has 4 N–H and O–H groups in total. The van der Waals surface area contributed by atoms with Crippen molar-refractivity contribution in [2.75, 3.05) is 7.11 Å². The van der Waals surface area contributed by atoms with Crippen molar-refractivity contribution >= 4 is 104 Å². The molecular formula is C112H102N16O13S3. The van der Waals surface area contributed by atoms with Gasteiger partial charge in [0.1, 0.15) is 5.75 Å². The topological polar surface area (TPSA) is 360 Å². The number of carbonyl (C=O) groups excluding carboxylic acids is 4. The second-order valence-electron chi connectivity index (χ2n) is 34.8. The maximum absolute atomic E-state index is 13.3. The molecule has 7 aromatic heterocycles. The van der Waals surface area contributed by atoms with E-state index in [2.05, 4.69) is 17.2 Å². The third-order valence-electron chi connectivity index (χ3n) is 24.7. The molecule has 4 aliphatic heterocycles. The molecule has 0 saturated heterocycles. The van der Waals surface area contributed by atoms with Gasteiger partial charge in [-0.1, -0.05) is 211 Å². The zero-order valence-electron chi connectivity index (χ0n) is 79.2. The Balaban J connectivity index is 0.000000132. The van der Waals surface area contributed by atoms with Crippen LogP contribution in [0.5, 0.6) is 5.75 Å². The summed E-state index contributed by atoms with van der Waals surface area (Å²) in [6.45, 7) is 6.12. The predicted octanol–water partition coefficient (Wildman–Crippen LogP) is 22.2. The standard InChI is InChI=1S/C29H26N4O3.C28H26N4O4S.C28H26N4O3S.C27H24N4O3S/c1-20-12-14-22(15-13-20)29-24(19-32(31-29)23-10-6-3-7-11-23)26-18-25(21-8-4-2-5-9-21)30-33(26)27(34)16-17-28(35)36;1-36-21-14-12-19(13-15-21)28-22(18-31(30-28)20-7-3-2-4-8-20)24-17-23(25-9-6-16-37-25)29-32(24)26(33)10-5-11-27(34)35;1-19-12-14-20(15-13-19)28-22(18-31(30-28)21-7-3-2-4-8-21)24-17-23(25-9-6-16-36-25)29-32(24)26(33)10-5-11-27(34)35;1-18-9-11-19(12-10-18)27-21(17-30(29-27)20-6-3-2-4-7-20)23-16-22(24-8-5-15-35-24)28-31(23)25(32)13-14-26(33)34/h2-15,19,26H,16-18H2,1H3,(H,35,36);2-4,6-9,12-16,18,24H,5,10-11,17H2,1H3,(H,34,35);2-4,6-9,12-16,18,24H,5,10-11,17H2,1H3,(H,34,35);2-12,15,17,23H,13-14,16H2,1H3,(H,33,34). The van der Waals surface area contributed by atoms with Gasteiger partial charge < -0.3 is 25.2 Å². The van der Waals surface area contributed by atoms with Crippen LogP contribution in [0.3, 0.4) is 0 Å². The molecule has 20 rings (SSSR count). The number of para-hydroxylation sites is 4. The van der Waals surface area contributed by atoms with Crippen LogP contribution in [0.1, 0.15) is 173 Å². The van der Waals surface area contributed by atoms with E-state index in [9.17, 15) is 38.4 Å². The molecule has 0 aliphatic carbocycles. The normalized spacial score (nSPS) is 15.1.